The maximum atomic E-state index is 5.27. The van der Waals surface area contributed by atoms with Crippen molar-refractivity contribution < 1.29 is 4.74 Å². The number of nitrogens with zero attached hydrogens (tertiary/aromatic N) is 1. The Hall–Kier alpha value is -2.35. The minimum absolute atomic E-state index is 0.632. The van der Waals surface area contributed by atoms with E-state index in [4.69, 9.17) is 9.72 Å². The lowest BCUT2D eigenvalue weighted by molar-refractivity contribution is 0.414. The van der Waals surface area contributed by atoms with Crippen molar-refractivity contribution >= 4 is 10.8 Å². The topological polar surface area (TPSA) is 22.1 Å². The molecule has 0 spiro atoms. The van der Waals surface area contributed by atoms with Crippen molar-refractivity contribution in [2.45, 2.75) is 44.4 Å². The summed E-state index contributed by atoms with van der Waals surface area (Å²) >= 11 is 0. The third-order valence-corrected chi connectivity index (χ3v) is 5.39. The molecule has 0 amide bonds. The van der Waals surface area contributed by atoms with E-state index in [2.05, 4.69) is 42.5 Å². The van der Waals surface area contributed by atoms with Gasteiger partial charge in [-0.25, -0.2) is 0 Å². The van der Waals surface area contributed by atoms with Crippen LogP contribution in [0.2, 0.25) is 0 Å². The fourth-order valence-corrected chi connectivity index (χ4v) is 3.97. The molecule has 0 N–H and O–H groups in total. The fourth-order valence-electron chi connectivity index (χ4n) is 3.97. The Morgan fingerprint density at radius 2 is 1.72 bits per heavy atom. The van der Waals surface area contributed by atoms with E-state index < -0.39 is 0 Å². The highest BCUT2D eigenvalue weighted by atomic mass is 16.5. The average molecular weight is 331 g/mol. The Kier molecular flexibility index (Phi) is 4.69. The predicted molar refractivity (Wildman–Crippen MR) is 103 cm³/mol. The van der Waals surface area contributed by atoms with Gasteiger partial charge in [-0.05, 0) is 42.0 Å². The Bertz CT molecular complexity index is 848. The predicted octanol–water partition coefficient (Wildman–Crippen LogP) is 5.88. The lowest BCUT2D eigenvalue weighted by Crippen LogP contribution is -2.08. The molecule has 128 valence electrons. The van der Waals surface area contributed by atoms with Gasteiger partial charge in [0.2, 0.25) is 0 Å². The SMILES string of the molecule is COc1ccc(Cc2nc(C3CCCCC3)cc3ccccc23)cc1. The molecule has 1 aliphatic carbocycles. The van der Waals surface area contributed by atoms with Crippen LogP contribution in [0.1, 0.15) is 55.0 Å². The van der Waals surface area contributed by atoms with Crippen LogP contribution in [0.15, 0.2) is 54.6 Å². The van der Waals surface area contributed by atoms with Crippen LogP contribution in [-0.2, 0) is 6.42 Å². The molecule has 0 aliphatic heterocycles. The molecule has 1 aromatic heterocycles. The van der Waals surface area contributed by atoms with Gasteiger partial charge >= 0.3 is 0 Å². The summed E-state index contributed by atoms with van der Waals surface area (Å²) in [4.78, 5) is 5.13. The van der Waals surface area contributed by atoms with Crippen molar-refractivity contribution in [3.63, 3.8) is 0 Å². The summed E-state index contributed by atoms with van der Waals surface area (Å²) < 4.78 is 5.27. The van der Waals surface area contributed by atoms with Gasteiger partial charge in [-0.1, -0.05) is 55.7 Å². The zero-order chi connectivity index (χ0) is 17.1. The van der Waals surface area contributed by atoms with E-state index in [0.29, 0.717) is 5.92 Å². The van der Waals surface area contributed by atoms with Gasteiger partial charge in [0.15, 0.2) is 0 Å². The summed E-state index contributed by atoms with van der Waals surface area (Å²) in [6, 6.07) is 19.3. The van der Waals surface area contributed by atoms with Crippen LogP contribution in [0.4, 0.5) is 0 Å². The number of benzene rings is 2. The van der Waals surface area contributed by atoms with E-state index >= 15 is 0 Å². The van der Waals surface area contributed by atoms with E-state index in [-0.39, 0.29) is 0 Å². The molecule has 3 aromatic rings. The molecule has 4 rings (SSSR count). The summed E-state index contributed by atoms with van der Waals surface area (Å²) in [5, 5.41) is 2.60. The zero-order valence-electron chi connectivity index (χ0n) is 14.9. The summed E-state index contributed by atoms with van der Waals surface area (Å²) in [6.45, 7) is 0. The third kappa shape index (κ3) is 3.53. The summed E-state index contributed by atoms with van der Waals surface area (Å²) in [7, 11) is 1.71. The Labute approximate surface area is 149 Å². The van der Waals surface area contributed by atoms with E-state index in [9.17, 15) is 0 Å². The van der Waals surface area contributed by atoms with Crippen LogP contribution < -0.4 is 4.74 Å². The molecule has 0 unspecified atom stereocenters. The van der Waals surface area contributed by atoms with Crippen LogP contribution >= 0.6 is 0 Å². The second-order valence-corrected chi connectivity index (χ2v) is 7.07. The number of rotatable bonds is 4. The molecule has 0 saturated heterocycles. The molecule has 0 radical (unpaired) electrons. The first-order valence-electron chi connectivity index (χ1n) is 9.35. The van der Waals surface area contributed by atoms with Crippen LogP contribution in [0.3, 0.4) is 0 Å². The second kappa shape index (κ2) is 7.26. The normalized spacial score (nSPS) is 15.4. The number of aromatic nitrogens is 1. The van der Waals surface area contributed by atoms with Gasteiger partial charge in [0, 0.05) is 23.4 Å². The van der Waals surface area contributed by atoms with Gasteiger partial charge in [-0.15, -0.1) is 0 Å². The van der Waals surface area contributed by atoms with E-state index in [1.165, 1.54) is 59.8 Å². The summed E-state index contributed by atoms with van der Waals surface area (Å²) in [5.41, 5.74) is 3.77. The van der Waals surface area contributed by atoms with Crippen LogP contribution in [0, 0.1) is 0 Å². The maximum absolute atomic E-state index is 5.27. The maximum Gasteiger partial charge on any atom is 0.118 e. The monoisotopic (exact) mass is 331 g/mol. The highest BCUT2D eigenvalue weighted by Gasteiger charge is 2.18. The number of hydrogen-bond donors (Lipinski definition) is 0. The molecule has 2 heteroatoms. The average Bonchev–Trinajstić information content (AvgIpc) is 2.69. The summed E-state index contributed by atoms with van der Waals surface area (Å²) in [5.74, 6) is 1.53. The van der Waals surface area contributed by atoms with Crippen LogP contribution in [0.25, 0.3) is 10.8 Å². The smallest absolute Gasteiger partial charge is 0.118 e. The molecule has 1 aliphatic rings. The Morgan fingerprint density at radius 1 is 0.960 bits per heavy atom. The van der Waals surface area contributed by atoms with E-state index in [1.807, 2.05) is 12.1 Å². The molecule has 2 aromatic carbocycles. The van der Waals surface area contributed by atoms with E-state index in [0.717, 1.165) is 12.2 Å². The standard InChI is InChI=1S/C23H25NO/c1-25-20-13-11-17(12-14-20)15-23-21-10-6-5-9-19(21)16-22(24-23)18-7-3-2-4-8-18/h5-6,9-14,16,18H,2-4,7-8,15H2,1H3. The van der Waals surface area contributed by atoms with Crippen LogP contribution in [0.5, 0.6) is 5.75 Å². The summed E-state index contributed by atoms with van der Waals surface area (Å²) in [6.07, 6.45) is 7.49. The Morgan fingerprint density at radius 3 is 2.48 bits per heavy atom. The van der Waals surface area contributed by atoms with Gasteiger partial charge < -0.3 is 4.74 Å². The van der Waals surface area contributed by atoms with Crippen molar-refractivity contribution in [1.82, 2.24) is 4.98 Å². The van der Waals surface area contributed by atoms with Gasteiger partial charge in [0.1, 0.15) is 5.75 Å². The third-order valence-electron chi connectivity index (χ3n) is 5.39. The number of ether oxygens (including phenoxy) is 1. The van der Waals surface area contributed by atoms with Gasteiger partial charge in [0.05, 0.1) is 12.8 Å². The molecule has 0 bridgehead atoms. The molecule has 25 heavy (non-hydrogen) atoms. The van der Waals surface area contributed by atoms with E-state index in [1.54, 1.807) is 7.11 Å². The zero-order valence-corrected chi connectivity index (χ0v) is 14.9. The molecule has 2 nitrogen and oxygen atoms in total. The van der Waals surface area contributed by atoms with Crippen LogP contribution in [-0.4, -0.2) is 12.1 Å². The number of hydrogen-bond acceptors (Lipinski definition) is 2. The molecule has 1 heterocycles. The minimum Gasteiger partial charge on any atom is -0.497 e. The highest BCUT2D eigenvalue weighted by molar-refractivity contribution is 5.85. The number of methoxy groups -OCH3 is 1. The molecule has 0 atom stereocenters. The number of fused-ring (bicyclic) bond motifs is 1. The molecule has 1 saturated carbocycles. The number of pyridine rings is 1. The van der Waals surface area contributed by atoms with Gasteiger partial charge in [-0.2, -0.15) is 0 Å². The van der Waals surface area contributed by atoms with Crippen molar-refractivity contribution in [2.75, 3.05) is 7.11 Å². The molecular weight excluding hydrogens is 306 g/mol. The van der Waals surface area contributed by atoms with Crippen molar-refractivity contribution in [3.05, 3.63) is 71.5 Å². The lowest BCUT2D eigenvalue weighted by Gasteiger charge is -2.22. The fraction of sp³-hybridized carbons (Fsp3) is 0.348. The molecular formula is C23H25NO. The van der Waals surface area contributed by atoms with Crippen molar-refractivity contribution in [3.8, 4) is 5.75 Å². The van der Waals surface area contributed by atoms with Gasteiger partial charge in [-0.3, -0.25) is 4.98 Å². The quantitative estimate of drug-likeness (QED) is 0.595. The molecule has 1 fully saturated rings. The largest absolute Gasteiger partial charge is 0.497 e. The first-order valence-corrected chi connectivity index (χ1v) is 9.35. The first-order chi connectivity index (χ1) is 12.3. The van der Waals surface area contributed by atoms with Gasteiger partial charge in [0.25, 0.3) is 0 Å². The minimum atomic E-state index is 0.632. The van der Waals surface area contributed by atoms with Crippen molar-refractivity contribution in [2.24, 2.45) is 0 Å². The Balaban J connectivity index is 1.72. The highest BCUT2D eigenvalue weighted by Crippen LogP contribution is 2.34. The second-order valence-electron chi connectivity index (χ2n) is 7.07. The first kappa shape index (κ1) is 16.1. The van der Waals surface area contributed by atoms with Crippen molar-refractivity contribution in [1.29, 1.82) is 0 Å². The lowest BCUT2D eigenvalue weighted by atomic mass is 9.86.